The number of aromatic nitrogens is 4. The molecule has 46 heavy (non-hydrogen) atoms. The topological polar surface area (TPSA) is 35.6 Å². The molecule has 0 amide bonds. The molecular formula is C42H30N4. The summed E-state index contributed by atoms with van der Waals surface area (Å²) in [6.07, 6.45) is 10.8. The molecule has 2 atom stereocenters. The van der Waals surface area contributed by atoms with Crippen LogP contribution in [0.1, 0.15) is 17.5 Å². The SMILES string of the molecule is C1=C(Cc2ccc(-n3c4ccccc4c4ncccc43)cc2)C2CC2C(c2ccc(-n3c4ccccc4c4ncccc43)cc2)=C1. The molecule has 1 fully saturated rings. The van der Waals surface area contributed by atoms with Gasteiger partial charge < -0.3 is 9.13 Å². The van der Waals surface area contributed by atoms with Gasteiger partial charge in [0.25, 0.3) is 0 Å². The second-order valence-electron chi connectivity index (χ2n) is 12.6. The smallest absolute Gasteiger partial charge is 0.0963 e. The minimum absolute atomic E-state index is 0.618. The van der Waals surface area contributed by atoms with E-state index in [0.717, 1.165) is 28.5 Å². The maximum Gasteiger partial charge on any atom is 0.0963 e. The number of para-hydroxylation sites is 2. The minimum Gasteiger partial charge on any atom is -0.308 e. The molecule has 2 aliphatic rings. The van der Waals surface area contributed by atoms with E-state index in [9.17, 15) is 0 Å². The number of pyridine rings is 2. The summed E-state index contributed by atoms with van der Waals surface area (Å²) in [5, 5.41) is 2.38. The van der Waals surface area contributed by atoms with Crippen LogP contribution in [0.3, 0.4) is 0 Å². The zero-order valence-electron chi connectivity index (χ0n) is 25.2. The van der Waals surface area contributed by atoms with Crippen LogP contribution in [0, 0.1) is 11.8 Å². The fraction of sp³-hybridized carbons (Fsp3) is 0.0952. The molecular weight excluding hydrogens is 560 g/mol. The average molecular weight is 591 g/mol. The van der Waals surface area contributed by atoms with Crippen molar-refractivity contribution in [2.24, 2.45) is 11.8 Å². The molecule has 0 saturated heterocycles. The monoisotopic (exact) mass is 590 g/mol. The minimum atomic E-state index is 0.618. The number of rotatable bonds is 5. The molecule has 0 radical (unpaired) electrons. The predicted octanol–water partition coefficient (Wildman–Crippen LogP) is 9.87. The molecule has 1 saturated carbocycles. The van der Waals surface area contributed by atoms with Crippen molar-refractivity contribution in [2.75, 3.05) is 0 Å². The van der Waals surface area contributed by atoms with Crippen LogP contribution in [0.2, 0.25) is 0 Å². The van der Waals surface area contributed by atoms with Gasteiger partial charge in [-0.2, -0.15) is 0 Å². The van der Waals surface area contributed by atoms with E-state index in [1.807, 2.05) is 24.5 Å². The molecule has 0 N–H and O–H groups in total. The Balaban J connectivity index is 0.926. The fourth-order valence-electron chi connectivity index (χ4n) is 7.82. The fourth-order valence-corrected chi connectivity index (χ4v) is 7.82. The van der Waals surface area contributed by atoms with Crippen molar-refractivity contribution < 1.29 is 0 Å². The maximum absolute atomic E-state index is 4.70. The van der Waals surface area contributed by atoms with Crippen LogP contribution in [0.5, 0.6) is 0 Å². The van der Waals surface area contributed by atoms with E-state index in [1.54, 1.807) is 5.57 Å². The lowest BCUT2D eigenvalue weighted by molar-refractivity contribution is 0.875. The molecule has 0 bridgehead atoms. The molecule has 0 aliphatic heterocycles. The third kappa shape index (κ3) is 3.86. The summed E-state index contributed by atoms with van der Waals surface area (Å²) in [6, 6.07) is 43.7. The summed E-state index contributed by atoms with van der Waals surface area (Å²) in [4.78, 5) is 9.39. The highest BCUT2D eigenvalue weighted by molar-refractivity contribution is 6.07. The molecule has 2 aliphatic carbocycles. The first-order valence-corrected chi connectivity index (χ1v) is 16.1. The highest BCUT2D eigenvalue weighted by atomic mass is 15.0. The first kappa shape index (κ1) is 25.6. The van der Waals surface area contributed by atoms with Gasteiger partial charge in [-0.3, -0.25) is 9.97 Å². The molecule has 8 aromatic rings. The van der Waals surface area contributed by atoms with Gasteiger partial charge in [-0.25, -0.2) is 0 Å². The number of nitrogens with zero attached hydrogens (tertiary/aromatic N) is 4. The lowest BCUT2D eigenvalue weighted by Crippen LogP contribution is -2.02. The van der Waals surface area contributed by atoms with Gasteiger partial charge in [0.1, 0.15) is 0 Å². The van der Waals surface area contributed by atoms with Gasteiger partial charge in [-0.1, -0.05) is 78.4 Å². The molecule has 4 heteroatoms. The van der Waals surface area contributed by atoms with Gasteiger partial charge in [0.05, 0.1) is 33.1 Å². The van der Waals surface area contributed by atoms with Gasteiger partial charge in [0.15, 0.2) is 0 Å². The lowest BCUT2D eigenvalue weighted by atomic mass is 9.90. The standard InChI is InChI=1S/C42H30N4/c1-3-9-37-33(7-1)41-39(11-5-23-43-41)45(37)30-18-13-27(14-19-30)25-29-17-22-32(36-26-35(29)36)28-15-20-31(21-16-28)46-38-10-4-2-8-34(38)42-40(46)12-6-24-44-42/h1-24,35-36H,25-26H2. The van der Waals surface area contributed by atoms with E-state index in [4.69, 9.17) is 9.97 Å². The zero-order valence-corrected chi connectivity index (χ0v) is 25.2. The van der Waals surface area contributed by atoms with E-state index >= 15 is 0 Å². The highest BCUT2D eigenvalue weighted by Crippen LogP contribution is 2.55. The Bertz CT molecular complexity index is 2420. The highest BCUT2D eigenvalue weighted by Gasteiger charge is 2.43. The van der Waals surface area contributed by atoms with Gasteiger partial charge in [0, 0.05) is 34.5 Å². The van der Waals surface area contributed by atoms with Crippen molar-refractivity contribution in [3.05, 3.63) is 163 Å². The van der Waals surface area contributed by atoms with E-state index in [0.29, 0.717) is 11.8 Å². The van der Waals surface area contributed by atoms with Gasteiger partial charge in [0.2, 0.25) is 0 Å². The Morgan fingerprint density at radius 2 is 1.07 bits per heavy atom. The quantitative estimate of drug-likeness (QED) is 0.200. The van der Waals surface area contributed by atoms with Crippen LogP contribution in [0.25, 0.3) is 60.8 Å². The van der Waals surface area contributed by atoms with Gasteiger partial charge >= 0.3 is 0 Å². The molecule has 2 unspecified atom stereocenters. The Kier molecular flexibility index (Phi) is 5.49. The first-order chi connectivity index (χ1) is 22.8. The first-order valence-electron chi connectivity index (χ1n) is 16.1. The van der Waals surface area contributed by atoms with Crippen LogP contribution in [0.15, 0.2) is 151 Å². The summed E-state index contributed by atoms with van der Waals surface area (Å²) < 4.78 is 4.66. The Hall–Kier alpha value is -5.74. The normalized spacial score (nSPS) is 17.4. The van der Waals surface area contributed by atoms with E-state index < -0.39 is 0 Å². The maximum atomic E-state index is 4.70. The molecule has 10 rings (SSSR count). The van der Waals surface area contributed by atoms with Crippen molar-refractivity contribution >= 4 is 49.4 Å². The van der Waals surface area contributed by atoms with Crippen molar-refractivity contribution in [1.29, 1.82) is 0 Å². The summed E-state index contributed by atoms with van der Waals surface area (Å²) in [6.45, 7) is 0. The second kappa shape index (κ2) is 9.88. The zero-order chi connectivity index (χ0) is 30.2. The summed E-state index contributed by atoms with van der Waals surface area (Å²) >= 11 is 0. The second-order valence-corrected chi connectivity index (χ2v) is 12.6. The summed E-state index contributed by atoms with van der Waals surface area (Å²) in [5.74, 6) is 1.26. The van der Waals surface area contributed by atoms with E-state index in [2.05, 4.69) is 130 Å². The lowest BCUT2D eigenvalue weighted by Gasteiger charge is -2.16. The van der Waals surface area contributed by atoms with Crippen LogP contribution in [-0.2, 0) is 6.42 Å². The molecule has 0 spiro atoms. The Labute approximate surface area is 266 Å². The van der Waals surface area contributed by atoms with Crippen LogP contribution in [-0.4, -0.2) is 19.1 Å². The third-order valence-electron chi connectivity index (χ3n) is 10.1. The number of hydrogen-bond donors (Lipinski definition) is 0. The van der Waals surface area contributed by atoms with Crippen molar-refractivity contribution in [1.82, 2.24) is 19.1 Å². The Morgan fingerprint density at radius 1 is 0.522 bits per heavy atom. The van der Waals surface area contributed by atoms with E-state index in [-0.39, 0.29) is 0 Å². The summed E-state index contributed by atoms with van der Waals surface area (Å²) in [5.41, 5.74) is 14.8. The van der Waals surface area contributed by atoms with Crippen molar-refractivity contribution in [3.8, 4) is 11.4 Å². The Morgan fingerprint density at radius 3 is 1.67 bits per heavy atom. The largest absolute Gasteiger partial charge is 0.308 e. The van der Waals surface area contributed by atoms with Crippen molar-refractivity contribution in [3.63, 3.8) is 0 Å². The molecule has 4 nitrogen and oxygen atoms in total. The molecule has 4 heterocycles. The number of fused-ring (bicyclic) bond motifs is 7. The third-order valence-corrected chi connectivity index (χ3v) is 10.1. The average Bonchev–Trinajstić information content (AvgIpc) is 3.77. The molecule has 4 aromatic carbocycles. The number of benzene rings is 4. The molecule has 4 aromatic heterocycles. The number of allylic oxidation sites excluding steroid dienone is 4. The van der Waals surface area contributed by atoms with Gasteiger partial charge in [-0.15, -0.1) is 0 Å². The van der Waals surface area contributed by atoms with Crippen LogP contribution in [0.4, 0.5) is 0 Å². The molecule has 218 valence electrons. The van der Waals surface area contributed by atoms with Gasteiger partial charge in [-0.05, 0) is 102 Å². The predicted molar refractivity (Wildman–Crippen MR) is 189 cm³/mol. The summed E-state index contributed by atoms with van der Waals surface area (Å²) in [7, 11) is 0. The number of hydrogen-bond acceptors (Lipinski definition) is 2. The van der Waals surface area contributed by atoms with E-state index in [1.165, 1.54) is 56.3 Å². The van der Waals surface area contributed by atoms with Crippen LogP contribution < -0.4 is 0 Å². The van der Waals surface area contributed by atoms with Crippen molar-refractivity contribution in [2.45, 2.75) is 12.8 Å². The van der Waals surface area contributed by atoms with Crippen LogP contribution >= 0.6 is 0 Å².